The fourth-order valence-corrected chi connectivity index (χ4v) is 3.66. The summed E-state index contributed by atoms with van der Waals surface area (Å²) in [6.45, 7) is 3.33. The Morgan fingerprint density at radius 3 is 2.80 bits per heavy atom. The molecule has 0 radical (unpaired) electrons. The van der Waals surface area contributed by atoms with Crippen molar-refractivity contribution in [2.24, 2.45) is 5.92 Å². The predicted molar refractivity (Wildman–Crippen MR) is 85.0 cm³/mol. The number of nitrogens with one attached hydrogen (secondary N) is 1. The quantitative estimate of drug-likeness (QED) is 0.925. The smallest absolute Gasteiger partial charge is 0.227 e. The lowest BCUT2D eigenvalue weighted by molar-refractivity contribution is -0.122. The summed E-state index contributed by atoms with van der Waals surface area (Å²) in [5, 5.41) is 3.06. The Morgan fingerprint density at radius 2 is 2.10 bits per heavy atom. The van der Waals surface area contributed by atoms with Crippen LogP contribution in [0.25, 0.3) is 0 Å². The van der Waals surface area contributed by atoms with E-state index in [4.69, 9.17) is 0 Å². The fraction of sp³-hybridized carbons (Fsp3) is 0.562. The summed E-state index contributed by atoms with van der Waals surface area (Å²) in [6, 6.07) is 8.32. The summed E-state index contributed by atoms with van der Waals surface area (Å²) < 4.78 is 0. The molecule has 1 heterocycles. The van der Waals surface area contributed by atoms with Crippen molar-refractivity contribution < 1.29 is 4.79 Å². The number of hydrogen-bond acceptors (Lipinski definition) is 3. The molecule has 0 unspecified atom stereocenters. The van der Waals surface area contributed by atoms with Crippen LogP contribution in [0.3, 0.4) is 0 Å². The Kier molecular flexibility index (Phi) is 4.63. The molecule has 0 bridgehead atoms. The molecule has 1 N–H and O–H groups in total. The Balaban J connectivity index is 1.58. The number of rotatable bonds is 4. The predicted octanol–water partition coefficient (Wildman–Crippen LogP) is 2.97. The van der Waals surface area contributed by atoms with Crippen LogP contribution in [-0.4, -0.2) is 35.4 Å². The molecule has 1 aliphatic heterocycles. The average Bonchev–Trinajstić information content (AvgIpc) is 2.38. The second kappa shape index (κ2) is 6.64. The van der Waals surface area contributed by atoms with Crippen LogP contribution >= 0.6 is 11.8 Å². The van der Waals surface area contributed by atoms with Crippen LogP contribution in [0.15, 0.2) is 24.3 Å². The van der Waals surface area contributed by atoms with Gasteiger partial charge in [0.25, 0.3) is 0 Å². The van der Waals surface area contributed by atoms with Crippen LogP contribution in [-0.2, 0) is 11.3 Å². The van der Waals surface area contributed by atoms with E-state index in [1.54, 1.807) is 0 Å². The van der Waals surface area contributed by atoms with Crippen molar-refractivity contribution in [3.63, 3.8) is 0 Å². The molecule has 0 spiro atoms. The van der Waals surface area contributed by atoms with Gasteiger partial charge in [-0.2, -0.15) is 11.8 Å². The molecule has 1 saturated heterocycles. The Hall–Kier alpha value is -1.00. The second-order valence-corrected chi connectivity index (χ2v) is 6.93. The minimum absolute atomic E-state index is 0.197. The SMILES string of the molecule is O=C(Nc1cccc(CN2CCSCC2)c1)C1CCC1. The third-order valence-corrected chi connectivity index (χ3v) is 5.12. The molecule has 0 aromatic heterocycles. The van der Waals surface area contributed by atoms with Gasteiger partial charge < -0.3 is 5.32 Å². The number of carbonyl (C=O) groups excluding carboxylic acids is 1. The van der Waals surface area contributed by atoms with Crippen molar-refractivity contribution in [1.29, 1.82) is 0 Å². The largest absolute Gasteiger partial charge is 0.326 e. The van der Waals surface area contributed by atoms with Gasteiger partial charge in [-0.1, -0.05) is 18.6 Å². The highest BCUT2D eigenvalue weighted by Gasteiger charge is 2.25. The summed E-state index contributed by atoms with van der Waals surface area (Å²) in [6.07, 6.45) is 3.30. The third kappa shape index (κ3) is 3.55. The van der Waals surface area contributed by atoms with Crippen LogP contribution in [0.1, 0.15) is 24.8 Å². The Morgan fingerprint density at radius 1 is 1.30 bits per heavy atom. The number of nitrogens with zero attached hydrogens (tertiary/aromatic N) is 1. The van der Waals surface area contributed by atoms with Gasteiger partial charge >= 0.3 is 0 Å². The average molecular weight is 290 g/mol. The van der Waals surface area contributed by atoms with Crippen LogP contribution in [0.5, 0.6) is 0 Å². The molecule has 3 nitrogen and oxygen atoms in total. The maximum Gasteiger partial charge on any atom is 0.227 e. The van der Waals surface area contributed by atoms with Gasteiger partial charge in [0.15, 0.2) is 0 Å². The zero-order valence-corrected chi connectivity index (χ0v) is 12.6. The van der Waals surface area contributed by atoms with Gasteiger partial charge in [0.05, 0.1) is 0 Å². The number of hydrogen-bond donors (Lipinski definition) is 1. The number of thioether (sulfide) groups is 1. The lowest BCUT2D eigenvalue weighted by atomic mass is 9.85. The highest BCUT2D eigenvalue weighted by molar-refractivity contribution is 7.99. The molecule has 4 heteroatoms. The minimum Gasteiger partial charge on any atom is -0.326 e. The molecule has 108 valence electrons. The van der Waals surface area contributed by atoms with E-state index in [1.165, 1.54) is 36.6 Å². The first-order chi connectivity index (χ1) is 9.81. The summed E-state index contributed by atoms with van der Waals surface area (Å²) in [5.41, 5.74) is 2.24. The zero-order valence-electron chi connectivity index (χ0n) is 11.8. The first-order valence-corrected chi connectivity index (χ1v) is 8.66. The van der Waals surface area contributed by atoms with Gasteiger partial charge in [-0.05, 0) is 30.5 Å². The van der Waals surface area contributed by atoms with Gasteiger partial charge in [-0.15, -0.1) is 0 Å². The number of amides is 1. The molecular weight excluding hydrogens is 268 g/mol. The van der Waals surface area contributed by atoms with Gasteiger partial charge in [0, 0.05) is 42.7 Å². The minimum atomic E-state index is 0.197. The van der Waals surface area contributed by atoms with E-state index < -0.39 is 0 Å². The van der Waals surface area contributed by atoms with Crippen LogP contribution < -0.4 is 5.32 Å². The van der Waals surface area contributed by atoms with Crippen LogP contribution in [0.4, 0.5) is 5.69 Å². The van der Waals surface area contributed by atoms with Crippen LogP contribution in [0.2, 0.25) is 0 Å². The van der Waals surface area contributed by atoms with Crippen molar-refractivity contribution in [2.45, 2.75) is 25.8 Å². The zero-order chi connectivity index (χ0) is 13.8. The third-order valence-electron chi connectivity index (χ3n) is 4.18. The van der Waals surface area contributed by atoms with E-state index in [2.05, 4.69) is 22.3 Å². The van der Waals surface area contributed by atoms with Crippen molar-refractivity contribution in [3.05, 3.63) is 29.8 Å². The van der Waals surface area contributed by atoms with Crippen molar-refractivity contribution in [1.82, 2.24) is 4.90 Å². The molecule has 1 aromatic carbocycles. The van der Waals surface area contributed by atoms with Gasteiger partial charge in [0.1, 0.15) is 0 Å². The normalized spacial score (nSPS) is 20.4. The molecule has 2 fully saturated rings. The number of benzene rings is 1. The monoisotopic (exact) mass is 290 g/mol. The van der Waals surface area contributed by atoms with Crippen molar-refractivity contribution in [2.75, 3.05) is 29.9 Å². The van der Waals surface area contributed by atoms with E-state index in [0.717, 1.165) is 25.1 Å². The Labute approximate surface area is 125 Å². The highest BCUT2D eigenvalue weighted by atomic mass is 32.2. The molecule has 1 aromatic rings. The summed E-state index contributed by atoms with van der Waals surface area (Å²) in [7, 11) is 0. The van der Waals surface area contributed by atoms with E-state index in [1.807, 2.05) is 23.9 Å². The van der Waals surface area contributed by atoms with Crippen molar-refractivity contribution >= 4 is 23.4 Å². The lowest BCUT2D eigenvalue weighted by Crippen LogP contribution is -2.32. The lowest BCUT2D eigenvalue weighted by Gasteiger charge is -2.26. The molecule has 1 saturated carbocycles. The fourth-order valence-electron chi connectivity index (χ4n) is 2.68. The molecular formula is C16H22N2OS. The first-order valence-electron chi connectivity index (χ1n) is 7.51. The highest BCUT2D eigenvalue weighted by Crippen LogP contribution is 2.27. The topological polar surface area (TPSA) is 32.3 Å². The summed E-state index contributed by atoms with van der Waals surface area (Å²) in [5.74, 6) is 2.91. The van der Waals surface area contributed by atoms with E-state index >= 15 is 0 Å². The molecule has 2 aliphatic rings. The molecule has 20 heavy (non-hydrogen) atoms. The molecule has 1 amide bonds. The van der Waals surface area contributed by atoms with Gasteiger partial charge in [-0.25, -0.2) is 0 Å². The molecule has 3 rings (SSSR count). The van der Waals surface area contributed by atoms with E-state index in [0.29, 0.717) is 0 Å². The van der Waals surface area contributed by atoms with E-state index in [-0.39, 0.29) is 11.8 Å². The maximum atomic E-state index is 12.0. The van der Waals surface area contributed by atoms with Gasteiger partial charge in [0.2, 0.25) is 5.91 Å². The molecule has 0 atom stereocenters. The second-order valence-electron chi connectivity index (χ2n) is 5.71. The van der Waals surface area contributed by atoms with Gasteiger partial charge in [-0.3, -0.25) is 9.69 Å². The van der Waals surface area contributed by atoms with Crippen LogP contribution in [0, 0.1) is 5.92 Å². The molecule has 1 aliphatic carbocycles. The maximum absolute atomic E-state index is 12.0. The first kappa shape index (κ1) is 14.0. The number of carbonyl (C=O) groups is 1. The standard InChI is InChI=1S/C16H22N2OS/c19-16(14-4-2-5-14)17-15-6-1-3-13(11-15)12-18-7-9-20-10-8-18/h1,3,6,11,14H,2,4-5,7-10,12H2,(H,17,19). The number of anilines is 1. The van der Waals surface area contributed by atoms with E-state index in [9.17, 15) is 4.79 Å². The Bertz CT molecular complexity index is 467. The summed E-state index contributed by atoms with van der Waals surface area (Å²) in [4.78, 5) is 14.5. The van der Waals surface area contributed by atoms with Crippen molar-refractivity contribution in [3.8, 4) is 0 Å². The summed E-state index contributed by atoms with van der Waals surface area (Å²) >= 11 is 2.03.